The normalized spacial score (nSPS) is 18.3. The summed E-state index contributed by atoms with van der Waals surface area (Å²) in [5, 5.41) is 4.62. The van der Waals surface area contributed by atoms with Crippen LogP contribution in [0.2, 0.25) is 0 Å². The van der Waals surface area contributed by atoms with Gasteiger partial charge in [0.1, 0.15) is 12.2 Å². The first-order chi connectivity index (χ1) is 15.2. The molecule has 2 aliphatic heterocycles. The third kappa shape index (κ3) is 3.37. The second kappa shape index (κ2) is 8.03. The molecule has 2 aliphatic rings. The van der Waals surface area contributed by atoms with Gasteiger partial charge in [0.15, 0.2) is 0 Å². The maximum absolute atomic E-state index is 13.5. The molecule has 1 aromatic heterocycles. The Morgan fingerprint density at radius 2 is 1.84 bits per heavy atom. The van der Waals surface area contributed by atoms with Crippen LogP contribution in [0.5, 0.6) is 0 Å². The highest BCUT2D eigenvalue weighted by molar-refractivity contribution is 6.23. The van der Waals surface area contributed by atoms with Crippen molar-refractivity contribution in [3.8, 4) is 0 Å². The van der Waals surface area contributed by atoms with Gasteiger partial charge in [0.2, 0.25) is 11.9 Å². The van der Waals surface area contributed by atoms with Crippen molar-refractivity contribution in [2.75, 3.05) is 20.7 Å². The third-order valence-corrected chi connectivity index (χ3v) is 5.94. The van der Waals surface area contributed by atoms with Gasteiger partial charge >= 0.3 is 18.0 Å². The minimum Gasteiger partial charge on any atom is -0.468 e. The molecule has 1 unspecified atom stereocenters. The average molecular weight is 437 g/mol. The minimum absolute atomic E-state index is 0.303. The number of fused-ring (bicyclic) bond motifs is 1. The van der Waals surface area contributed by atoms with Gasteiger partial charge in [-0.15, -0.1) is 9.78 Å². The van der Waals surface area contributed by atoms with Crippen LogP contribution < -0.4 is 0 Å². The number of hydrogen-bond donors (Lipinski definition) is 0. The molecule has 1 aromatic carbocycles. The van der Waals surface area contributed by atoms with Crippen molar-refractivity contribution in [1.29, 1.82) is 0 Å². The molecular formula is C22H25N6O4+. The minimum atomic E-state index is -0.873. The van der Waals surface area contributed by atoms with Crippen LogP contribution in [0, 0.1) is 20.8 Å². The van der Waals surface area contributed by atoms with Gasteiger partial charge in [-0.05, 0) is 26.3 Å². The fraction of sp³-hybridized carbons (Fsp3) is 0.364. The van der Waals surface area contributed by atoms with Gasteiger partial charge in [0.25, 0.3) is 5.91 Å². The Balaban J connectivity index is 1.86. The zero-order valence-corrected chi connectivity index (χ0v) is 18.7. The summed E-state index contributed by atoms with van der Waals surface area (Å²) >= 11 is 0. The van der Waals surface area contributed by atoms with E-state index in [1.165, 1.54) is 12.0 Å². The van der Waals surface area contributed by atoms with Gasteiger partial charge in [0.05, 0.1) is 19.3 Å². The van der Waals surface area contributed by atoms with Crippen LogP contribution in [-0.2, 0) is 20.9 Å². The van der Waals surface area contributed by atoms with Crippen molar-refractivity contribution in [1.82, 2.24) is 19.6 Å². The van der Waals surface area contributed by atoms with Gasteiger partial charge in [-0.25, -0.2) is 14.3 Å². The topological polar surface area (TPSA) is 100 Å². The first kappa shape index (κ1) is 21.4. The first-order valence-corrected chi connectivity index (χ1v) is 10.2. The van der Waals surface area contributed by atoms with E-state index in [0.717, 1.165) is 27.4 Å². The number of rotatable bonds is 4. The Morgan fingerprint density at radius 3 is 2.44 bits per heavy atom. The fourth-order valence-corrected chi connectivity index (χ4v) is 3.87. The second-order valence-corrected chi connectivity index (χ2v) is 7.84. The largest absolute Gasteiger partial charge is 0.468 e. The number of amides is 3. The molecular weight excluding hydrogens is 412 g/mol. The summed E-state index contributed by atoms with van der Waals surface area (Å²) in [6, 6.07) is 8.17. The van der Waals surface area contributed by atoms with E-state index >= 15 is 0 Å². The van der Waals surface area contributed by atoms with E-state index in [0.29, 0.717) is 18.3 Å². The zero-order chi connectivity index (χ0) is 23.2. The lowest BCUT2D eigenvalue weighted by molar-refractivity contribution is -0.553. The SMILES string of the molecule is COC(=O)CN1C(=O)C2C(=NC(n3nc(C)c(C)c3C)=[N+]2Cc2ccccc2)N(C)C1=O. The van der Waals surface area contributed by atoms with Crippen LogP contribution in [0.15, 0.2) is 35.3 Å². The summed E-state index contributed by atoms with van der Waals surface area (Å²) in [5.41, 5.74) is 3.74. The molecule has 4 rings (SSSR count). The number of carbonyl (C=O) groups is 3. The Labute approximate surface area is 185 Å². The van der Waals surface area contributed by atoms with Gasteiger partial charge in [-0.1, -0.05) is 35.3 Å². The number of nitrogens with zero attached hydrogens (tertiary/aromatic N) is 6. The van der Waals surface area contributed by atoms with Crippen LogP contribution in [-0.4, -0.2) is 80.6 Å². The number of aliphatic imine (C=N–C) groups is 1. The molecule has 0 bridgehead atoms. The van der Waals surface area contributed by atoms with E-state index in [1.807, 2.05) is 55.7 Å². The predicted molar refractivity (Wildman–Crippen MR) is 115 cm³/mol. The Hall–Kier alpha value is -3.82. The van der Waals surface area contributed by atoms with Crippen LogP contribution in [0.4, 0.5) is 4.79 Å². The van der Waals surface area contributed by atoms with Crippen molar-refractivity contribution < 1.29 is 23.7 Å². The number of hydrogen-bond acceptors (Lipinski definition) is 6. The molecule has 1 fully saturated rings. The standard InChI is InChI=1S/C22H25N6O4/c1-13-14(2)24-28(15(13)3)21-23-19-18(26(21)11-16-9-7-6-8-10-16)20(30)27(12-17(29)32-5)22(31)25(19)4/h6-10,18H,11-12H2,1-5H3/q+1. The number of ether oxygens (including phenoxy) is 1. The molecule has 10 nitrogen and oxygen atoms in total. The highest BCUT2D eigenvalue weighted by Crippen LogP contribution is 2.23. The van der Waals surface area contributed by atoms with Crippen molar-refractivity contribution in [2.45, 2.75) is 33.4 Å². The lowest BCUT2D eigenvalue weighted by Gasteiger charge is -2.33. The van der Waals surface area contributed by atoms with Crippen LogP contribution in [0.1, 0.15) is 22.5 Å². The number of imide groups is 1. The number of methoxy groups -OCH3 is 1. The van der Waals surface area contributed by atoms with E-state index in [-0.39, 0.29) is 0 Å². The zero-order valence-electron chi connectivity index (χ0n) is 18.7. The maximum Gasteiger partial charge on any atom is 0.421 e. The summed E-state index contributed by atoms with van der Waals surface area (Å²) in [6.45, 7) is 5.73. The molecule has 0 saturated carbocycles. The molecule has 0 spiro atoms. The summed E-state index contributed by atoms with van der Waals surface area (Å²) in [6.07, 6.45) is 0. The molecule has 2 aromatic rings. The van der Waals surface area contributed by atoms with E-state index in [4.69, 9.17) is 0 Å². The second-order valence-electron chi connectivity index (χ2n) is 7.84. The number of amidine groups is 1. The van der Waals surface area contributed by atoms with Crippen LogP contribution >= 0.6 is 0 Å². The van der Waals surface area contributed by atoms with Crippen molar-refractivity contribution in [2.24, 2.45) is 4.99 Å². The van der Waals surface area contributed by atoms with Gasteiger partial charge < -0.3 is 4.74 Å². The molecule has 0 N–H and O–H groups in total. The molecule has 0 aliphatic carbocycles. The van der Waals surface area contributed by atoms with Gasteiger partial charge in [-0.3, -0.25) is 14.5 Å². The lowest BCUT2D eigenvalue weighted by Crippen LogP contribution is -2.63. The summed E-state index contributed by atoms with van der Waals surface area (Å²) < 4.78 is 8.20. The number of aryl methyl sites for hydroxylation is 1. The van der Waals surface area contributed by atoms with Crippen molar-refractivity contribution in [3.05, 3.63) is 52.8 Å². The molecule has 166 valence electrons. The Kier molecular flexibility index (Phi) is 5.37. The van der Waals surface area contributed by atoms with E-state index in [1.54, 1.807) is 11.7 Å². The van der Waals surface area contributed by atoms with Crippen molar-refractivity contribution >= 4 is 29.7 Å². The summed E-state index contributed by atoms with van der Waals surface area (Å²) in [5.74, 6) is -0.444. The van der Waals surface area contributed by atoms with Crippen LogP contribution in [0.25, 0.3) is 0 Å². The number of esters is 1. The van der Waals surface area contributed by atoms with E-state index in [9.17, 15) is 14.4 Å². The molecule has 3 amide bonds. The molecule has 1 atom stereocenters. The highest BCUT2D eigenvalue weighted by Gasteiger charge is 2.53. The van der Waals surface area contributed by atoms with E-state index in [2.05, 4.69) is 14.8 Å². The summed E-state index contributed by atoms with van der Waals surface area (Å²) in [4.78, 5) is 45.1. The first-order valence-electron chi connectivity index (χ1n) is 10.2. The quantitative estimate of drug-likeness (QED) is 0.526. The Bertz CT molecular complexity index is 1180. The molecule has 3 heterocycles. The molecule has 0 radical (unpaired) electrons. The average Bonchev–Trinajstić information content (AvgIpc) is 3.28. The monoisotopic (exact) mass is 437 g/mol. The smallest absolute Gasteiger partial charge is 0.421 e. The number of carbonyl (C=O) groups excluding carboxylic acids is 3. The van der Waals surface area contributed by atoms with Crippen molar-refractivity contribution in [3.63, 3.8) is 0 Å². The lowest BCUT2D eigenvalue weighted by atomic mass is 10.1. The maximum atomic E-state index is 13.5. The van der Waals surface area contributed by atoms with Crippen LogP contribution in [0.3, 0.4) is 0 Å². The van der Waals surface area contributed by atoms with E-state index < -0.39 is 30.5 Å². The number of aromatic nitrogens is 2. The Morgan fingerprint density at radius 1 is 1.16 bits per heavy atom. The van der Waals surface area contributed by atoms with Gasteiger partial charge in [0, 0.05) is 12.6 Å². The fourth-order valence-electron chi connectivity index (χ4n) is 3.87. The number of benzene rings is 1. The molecule has 1 saturated heterocycles. The number of urea groups is 1. The third-order valence-electron chi connectivity index (χ3n) is 5.94. The summed E-state index contributed by atoms with van der Waals surface area (Å²) in [7, 11) is 2.76. The predicted octanol–water partition coefficient (Wildman–Crippen LogP) is 1.07. The molecule has 10 heteroatoms. The molecule has 32 heavy (non-hydrogen) atoms. The van der Waals surface area contributed by atoms with Gasteiger partial charge in [-0.2, -0.15) is 0 Å². The highest BCUT2D eigenvalue weighted by atomic mass is 16.5. The number of likely N-dealkylation sites (N-methyl/N-ethyl adjacent to an activating group) is 1.